The molecule has 0 spiro atoms. The average Bonchev–Trinajstić information content (AvgIpc) is 2.99. The Morgan fingerprint density at radius 1 is 1.13 bits per heavy atom. The van der Waals surface area contributed by atoms with Gasteiger partial charge in [0.05, 0.1) is 29.0 Å². The van der Waals surface area contributed by atoms with E-state index in [2.05, 4.69) is 9.98 Å². The van der Waals surface area contributed by atoms with Crippen LogP contribution in [0.3, 0.4) is 0 Å². The van der Waals surface area contributed by atoms with Crippen LogP contribution in [0.15, 0.2) is 41.4 Å². The number of aliphatic imine (C=N–C) groups is 1. The van der Waals surface area contributed by atoms with Crippen LogP contribution in [0.2, 0.25) is 0 Å². The fourth-order valence-corrected chi connectivity index (χ4v) is 3.92. The summed E-state index contributed by atoms with van der Waals surface area (Å²) < 4.78 is 60.6. The molecule has 1 saturated heterocycles. The summed E-state index contributed by atoms with van der Waals surface area (Å²) in [6.45, 7) is 4.35. The fraction of sp³-hybridized carbons (Fsp3) is 0.318. The van der Waals surface area contributed by atoms with E-state index in [-0.39, 0.29) is 35.0 Å². The number of aromatic hydroxyl groups is 1. The maximum Gasteiger partial charge on any atom is 0.418 e. The van der Waals surface area contributed by atoms with Crippen molar-refractivity contribution >= 4 is 28.5 Å². The molecule has 3 aromatic rings. The summed E-state index contributed by atoms with van der Waals surface area (Å²) in [6, 6.07) is 7.78. The Morgan fingerprint density at radius 3 is 2.52 bits per heavy atom. The van der Waals surface area contributed by atoms with Gasteiger partial charge in [0.2, 0.25) is 0 Å². The number of hydrogen-bond donors (Lipinski definition) is 2. The molecule has 164 valence electrons. The third-order valence-electron chi connectivity index (χ3n) is 5.17. The first-order valence-electron chi connectivity index (χ1n) is 9.77. The quantitative estimate of drug-likeness (QED) is 0.428. The van der Waals surface area contributed by atoms with Crippen molar-refractivity contribution < 1.29 is 27.4 Å². The number of hydrogen-bond acceptors (Lipinski definition) is 4. The molecule has 1 fully saturated rings. The molecule has 0 radical (unpaired) electrons. The fourth-order valence-electron chi connectivity index (χ4n) is 3.92. The predicted octanol–water partition coefficient (Wildman–Crippen LogP) is 5.40. The summed E-state index contributed by atoms with van der Waals surface area (Å²) in [6.07, 6.45) is -3.72. The van der Waals surface area contributed by atoms with E-state index in [1.165, 1.54) is 36.5 Å². The highest BCUT2D eigenvalue weighted by Gasteiger charge is 2.36. The minimum atomic E-state index is -4.57. The smallest absolute Gasteiger partial charge is 0.418 e. The molecule has 2 N–H and O–H groups in total. The van der Waals surface area contributed by atoms with Crippen LogP contribution >= 0.6 is 0 Å². The lowest BCUT2D eigenvalue weighted by Gasteiger charge is -2.38. The Balaban J connectivity index is 1.71. The van der Waals surface area contributed by atoms with Crippen LogP contribution in [0.1, 0.15) is 25.0 Å². The second-order valence-corrected chi connectivity index (χ2v) is 7.70. The molecule has 9 heteroatoms. The van der Waals surface area contributed by atoms with Crippen LogP contribution in [0.5, 0.6) is 5.88 Å². The Kier molecular flexibility index (Phi) is 5.38. The molecule has 1 aliphatic rings. The first-order chi connectivity index (χ1) is 14.6. The number of rotatable bonds is 3. The maximum absolute atomic E-state index is 13.8. The van der Waals surface area contributed by atoms with E-state index in [1.807, 2.05) is 13.8 Å². The van der Waals surface area contributed by atoms with E-state index in [1.54, 1.807) is 4.90 Å². The number of anilines is 1. The molecule has 4 rings (SSSR count). The van der Waals surface area contributed by atoms with Gasteiger partial charge in [0.25, 0.3) is 0 Å². The highest BCUT2D eigenvalue weighted by Crippen LogP contribution is 2.40. The summed E-state index contributed by atoms with van der Waals surface area (Å²) in [5.41, 5.74) is 0.0314. The van der Waals surface area contributed by atoms with Crippen LogP contribution < -0.4 is 4.90 Å². The zero-order chi connectivity index (χ0) is 22.3. The maximum atomic E-state index is 13.8. The molecule has 2 aromatic carbocycles. The molecule has 0 aliphatic carbocycles. The van der Waals surface area contributed by atoms with Crippen LogP contribution in [-0.2, 0) is 10.9 Å². The minimum absolute atomic E-state index is 0.0654. The molecule has 5 nitrogen and oxygen atoms in total. The van der Waals surface area contributed by atoms with Crippen molar-refractivity contribution in [3.05, 3.63) is 53.3 Å². The van der Waals surface area contributed by atoms with Gasteiger partial charge in [0.1, 0.15) is 5.82 Å². The van der Waals surface area contributed by atoms with Crippen molar-refractivity contribution in [1.82, 2.24) is 4.98 Å². The summed E-state index contributed by atoms with van der Waals surface area (Å²) in [4.78, 5) is 8.46. The number of H-pyrrole nitrogens is 1. The molecule has 0 saturated carbocycles. The molecule has 0 bridgehead atoms. The van der Waals surface area contributed by atoms with Gasteiger partial charge in [-0.1, -0.05) is 0 Å². The number of aromatic nitrogens is 1. The summed E-state index contributed by atoms with van der Waals surface area (Å²) in [5.74, 6) is -0.743. The monoisotopic (exact) mass is 435 g/mol. The van der Waals surface area contributed by atoms with Crippen molar-refractivity contribution in [3.8, 4) is 5.88 Å². The lowest BCUT2D eigenvalue weighted by atomic mass is 10.1. The van der Waals surface area contributed by atoms with Gasteiger partial charge in [-0.25, -0.2) is 4.39 Å². The van der Waals surface area contributed by atoms with E-state index < -0.39 is 17.6 Å². The summed E-state index contributed by atoms with van der Waals surface area (Å²) in [7, 11) is 0. The topological polar surface area (TPSA) is 60.8 Å². The van der Waals surface area contributed by atoms with Crippen molar-refractivity contribution in [2.24, 2.45) is 4.99 Å². The number of halogens is 4. The lowest BCUT2D eigenvalue weighted by Crippen LogP contribution is -2.46. The predicted molar refractivity (Wildman–Crippen MR) is 111 cm³/mol. The molecule has 2 unspecified atom stereocenters. The summed E-state index contributed by atoms with van der Waals surface area (Å²) >= 11 is 0. The van der Waals surface area contributed by atoms with E-state index >= 15 is 0 Å². The largest absolute Gasteiger partial charge is 0.494 e. The molecule has 1 aromatic heterocycles. The Hall–Kier alpha value is -3.07. The van der Waals surface area contributed by atoms with Crippen LogP contribution in [-0.4, -0.2) is 41.6 Å². The minimum Gasteiger partial charge on any atom is -0.494 e. The first kappa shape index (κ1) is 21.2. The normalized spacial score (nSPS) is 20.1. The van der Waals surface area contributed by atoms with Crippen molar-refractivity contribution in [3.63, 3.8) is 0 Å². The van der Waals surface area contributed by atoms with Crippen molar-refractivity contribution in [2.45, 2.75) is 32.2 Å². The van der Waals surface area contributed by atoms with Crippen LogP contribution in [0, 0.1) is 5.82 Å². The summed E-state index contributed by atoms with van der Waals surface area (Å²) in [5, 5.41) is 10.5. The third kappa shape index (κ3) is 4.36. The van der Waals surface area contributed by atoms with Gasteiger partial charge in [0, 0.05) is 35.9 Å². The van der Waals surface area contributed by atoms with Gasteiger partial charge in [-0.3, -0.25) is 4.99 Å². The number of alkyl halides is 3. The van der Waals surface area contributed by atoms with Gasteiger partial charge in [-0.05, 0) is 50.2 Å². The van der Waals surface area contributed by atoms with E-state index in [9.17, 15) is 22.7 Å². The van der Waals surface area contributed by atoms with E-state index in [0.717, 1.165) is 6.07 Å². The molecule has 31 heavy (non-hydrogen) atoms. The number of nitrogens with one attached hydrogen (secondary N) is 1. The molecule has 0 amide bonds. The molecular weight excluding hydrogens is 414 g/mol. The number of nitrogens with zero attached hydrogens (tertiary/aromatic N) is 2. The Labute approximate surface area is 176 Å². The van der Waals surface area contributed by atoms with Gasteiger partial charge >= 0.3 is 6.18 Å². The van der Waals surface area contributed by atoms with Gasteiger partial charge in [-0.15, -0.1) is 0 Å². The van der Waals surface area contributed by atoms with Crippen LogP contribution in [0.25, 0.3) is 10.9 Å². The Morgan fingerprint density at radius 2 is 1.84 bits per heavy atom. The number of morpholine rings is 1. The Bertz CT molecular complexity index is 1130. The molecule has 2 heterocycles. The van der Waals surface area contributed by atoms with Gasteiger partial charge in [0.15, 0.2) is 5.88 Å². The lowest BCUT2D eigenvalue weighted by molar-refractivity contribution is -0.137. The van der Waals surface area contributed by atoms with Crippen LogP contribution in [0.4, 0.5) is 28.9 Å². The van der Waals surface area contributed by atoms with Crippen molar-refractivity contribution in [2.75, 3.05) is 18.0 Å². The molecular formula is C22H21F4N3O2. The first-order valence-corrected chi connectivity index (χ1v) is 9.77. The van der Waals surface area contributed by atoms with Gasteiger partial charge < -0.3 is 19.7 Å². The van der Waals surface area contributed by atoms with Crippen molar-refractivity contribution in [1.29, 1.82) is 0 Å². The second kappa shape index (κ2) is 7.88. The zero-order valence-corrected chi connectivity index (χ0v) is 16.9. The van der Waals surface area contributed by atoms with Gasteiger partial charge in [-0.2, -0.15) is 13.2 Å². The third-order valence-corrected chi connectivity index (χ3v) is 5.17. The number of fused-ring (bicyclic) bond motifs is 1. The highest BCUT2D eigenvalue weighted by atomic mass is 19.4. The molecule has 2 atom stereocenters. The van der Waals surface area contributed by atoms with E-state index in [0.29, 0.717) is 24.0 Å². The number of aromatic amines is 1. The number of benzene rings is 2. The van der Waals surface area contributed by atoms with E-state index in [4.69, 9.17) is 4.74 Å². The SMILES string of the molecule is CC1CN(c2ccc(N=Cc3c(O)[nH]c4ccc(F)cc34)cc2C(F)(F)F)CC(C)O1. The zero-order valence-electron chi connectivity index (χ0n) is 16.9. The average molecular weight is 435 g/mol. The second-order valence-electron chi connectivity index (χ2n) is 7.70. The standard InChI is InChI=1S/C22H21F4N3O2/c1-12-10-29(11-13(2)31-12)20-6-4-15(8-18(20)22(24,25)26)27-9-17-16-7-14(23)3-5-19(16)28-21(17)30/h3-9,12-13,28,30H,10-11H2,1-2H3. The molecule has 1 aliphatic heterocycles. The number of ether oxygens (including phenoxy) is 1. The highest BCUT2D eigenvalue weighted by molar-refractivity contribution is 6.02.